The van der Waals surface area contributed by atoms with Crippen molar-refractivity contribution in [1.82, 2.24) is 5.43 Å². The predicted molar refractivity (Wildman–Crippen MR) is 75.3 cm³/mol. The lowest BCUT2D eigenvalue weighted by Crippen LogP contribution is -2.19. The molecular weight excluding hydrogens is 242 g/mol. The number of hydrogen-bond donors (Lipinski definition) is 1. The third-order valence-electron chi connectivity index (χ3n) is 3.13. The van der Waals surface area contributed by atoms with E-state index < -0.39 is 6.04 Å². The van der Waals surface area contributed by atoms with E-state index in [4.69, 9.17) is 0 Å². The zero-order valence-electron chi connectivity index (χ0n) is 10.8. The van der Waals surface area contributed by atoms with Crippen molar-refractivity contribution in [3.05, 3.63) is 57.8 Å². The summed E-state index contributed by atoms with van der Waals surface area (Å²) in [6, 6.07) is -0.607. The number of hydrogen-bond acceptors (Lipinski definition) is 4. The first-order chi connectivity index (χ1) is 9.15. The second-order valence-corrected chi connectivity index (χ2v) is 4.70. The molecule has 2 unspecified atom stereocenters. The maximum absolute atomic E-state index is 10.6. The van der Waals surface area contributed by atoms with Crippen LogP contribution in [0, 0.1) is 16.0 Å². The van der Waals surface area contributed by atoms with Crippen LogP contribution in [0.15, 0.2) is 52.8 Å². The number of nitro groups is 1. The summed E-state index contributed by atoms with van der Waals surface area (Å²) < 4.78 is 0. The van der Waals surface area contributed by atoms with Crippen LogP contribution in [0.4, 0.5) is 0 Å². The van der Waals surface area contributed by atoms with Gasteiger partial charge in [0.1, 0.15) is 0 Å². The Morgan fingerprint density at radius 1 is 1.37 bits per heavy atom. The normalized spacial score (nSPS) is 26.2. The van der Waals surface area contributed by atoms with E-state index in [1.807, 2.05) is 6.21 Å². The van der Waals surface area contributed by atoms with Gasteiger partial charge >= 0.3 is 0 Å². The van der Waals surface area contributed by atoms with Crippen LogP contribution in [-0.2, 0) is 0 Å². The summed E-state index contributed by atoms with van der Waals surface area (Å²) >= 11 is 0. The highest BCUT2D eigenvalue weighted by molar-refractivity contribution is 5.64. The molecule has 2 aliphatic rings. The lowest BCUT2D eigenvalue weighted by Gasteiger charge is -2.11. The largest absolute Gasteiger partial charge is 0.279 e. The minimum absolute atomic E-state index is 0.283. The van der Waals surface area contributed by atoms with E-state index in [2.05, 4.69) is 35.7 Å². The van der Waals surface area contributed by atoms with Gasteiger partial charge in [0.2, 0.25) is 6.04 Å². The van der Waals surface area contributed by atoms with Crippen LogP contribution < -0.4 is 5.43 Å². The molecule has 19 heavy (non-hydrogen) atoms. The molecule has 1 N–H and O–H groups in total. The van der Waals surface area contributed by atoms with Gasteiger partial charge in [-0.2, -0.15) is 5.10 Å². The highest BCUT2D eigenvalue weighted by Crippen LogP contribution is 2.14. The lowest BCUT2D eigenvalue weighted by molar-refractivity contribution is -0.508. The zero-order chi connectivity index (χ0) is 13.7. The predicted octanol–water partition coefficient (Wildman–Crippen LogP) is 2.57. The third-order valence-corrected chi connectivity index (χ3v) is 3.13. The Morgan fingerprint density at radius 2 is 2.21 bits per heavy atom. The molecule has 0 saturated heterocycles. The molecule has 0 amide bonds. The van der Waals surface area contributed by atoms with Crippen molar-refractivity contribution in [3.63, 3.8) is 0 Å². The van der Waals surface area contributed by atoms with Crippen LogP contribution in [0.2, 0.25) is 0 Å². The molecule has 0 aromatic carbocycles. The van der Waals surface area contributed by atoms with Gasteiger partial charge in [-0.25, -0.2) is 0 Å². The summed E-state index contributed by atoms with van der Waals surface area (Å²) in [5, 5.41) is 14.7. The Labute approximate surface area is 112 Å². The van der Waals surface area contributed by atoms with E-state index in [0.29, 0.717) is 12.3 Å². The molecule has 0 radical (unpaired) electrons. The van der Waals surface area contributed by atoms with Gasteiger partial charge in [0.05, 0.1) is 5.70 Å². The van der Waals surface area contributed by atoms with Gasteiger partial charge in [-0.05, 0) is 25.5 Å². The Morgan fingerprint density at radius 3 is 2.79 bits per heavy atom. The smallest absolute Gasteiger partial charge is 0.235 e. The van der Waals surface area contributed by atoms with Gasteiger partial charge in [0.15, 0.2) is 0 Å². The molecule has 0 aliphatic heterocycles. The molecule has 0 aromatic rings. The van der Waals surface area contributed by atoms with Gasteiger partial charge < -0.3 is 0 Å². The molecule has 0 saturated carbocycles. The fourth-order valence-corrected chi connectivity index (χ4v) is 1.91. The van der Waals surface area contributed by atoms with Crippen LogP contribution in [0.5, 0.6) is 0 Å². The summed E-state index contributed by atoms with van der Waals surface area (Å²) in [7, 11) is 0. The maximum atomic E-state index is 10.6. The van der Waals surface area contributed by atoms with Crippen LogP contribution in [0.3, 0.4) is 0 Å². The molecule has 100 valence electrons. The Hall–Kier alpha value is -2.17. The van der Waals surface area contributed by atoms with Crippen LogP contribution in [0.1, 0.15) is 19.8 Å². The zero-order valence-corrected chi connectivity index (χ0v) is 10.8. The minimum atomic E-state index is -0.607. The highest BCUT2D eigenvalue weighted by atomic mass is 16.6. The van der Waals surface area contributed by atoms with Crippen molar-refractivity contribution < 1.29 is 4.92 Å². The van der Waals surface area contributed by atoms with Crippen LogP contribution in [-0.4, -0.2) is 17.2 Å². The van der Waals surface area contributed by atoms with Crippen molar-refractivity contribution in [1.29, 1.82) is 0 Å². The molecule has 5 heteroatoms. The number of rotatable bonds is 4. The Kier molecular flexibility index (Phi) is 4.28. The minimum Gasteiger partial charge on any atom is -0.279 e. The van der Waals surface area contributed by atoms with Gasteiger partial charge in [0.25, 0.3) is 0 Å². The van der Waals surface area contributed by atoms with Crippen molar-refractivity contribution in [2.75, 3.05) is 0 Å². The summed E-state index contributed by atoms with van der Waals surface area (Å²) in [5.41, 5.74) is 4.99. The van der Waals surface area contributed by atoms with Gasteiger partial charge in [-0.3, -0.25) is 15.5 Å². The molecule has 2 atom stereocenters. The summed E-state index contributed by atoms with van der Waals surface area (Å²) in [5.74, 6) is 0.316. The number of allylic oxidation sites excluding steroid dienone is 5. The van der Waals surface area contributed by atoms with E-state index in [1.165, 1.54) is 5.57 Å². The SMILES string of the molecule is CC1=CCC(/C=N\NC2=CCC([N+](=O)[O-])C=C2)C=C1. The topological polar surface area (TPSA) is 67.5 Å². The van der Waals surface area contributed by atoms with E-state index in [9.17, 15) is 10.1 Å². The van der Waals surface area contributed by atoms with Crippen molar-refractivity contribution >= 4 is 6.21 Å². The molecule has 0 fully saturated rings. The summed E-state index contributed by atoms with van der Waals surface area (Å²) in [6.07, 6.45) is 14.7. The molecule has 5 nitrogen and oxygen atoms in total. The van der Waals surface area contributed by atoms with Gasteiger partial charge in [-0.15, -0.1) is 0 Å². The Bertz CT molecular complexity index is 501. The van der Waals surface area contributed by atoms with E-state index in [1.54, 1.807) is 18.2 Å². The number of nitrogens with one attached hydrogen (secondary N) is 1. The molecule has 2 aliphatic carbocycles. The highest BCUT2D eigenvalue weighted by Gasteiger charge is 2.17. The Balaban J connectivity index is 1.80. The molecule has 0 heterocycles. The first kappa shape index (κ1) is 13.3. The average Bonchev–Trinajstić information content (AvgIpc) is 2.41. The second kappa shape index (κ2) is 6.13. The van der Waals surface area contributed by atoms with Crippen molar-refractivity contribution in [2.24, 2.45) is 11.0 Å². The van der Waals surface area contributed by atoms with Crippen molar-refractivity contribution in [2.45, 2.75) is 25.8 Å². The summed E-state index contributed by atoms with van der Waals surface area (Å²) in [4.78, 5) is 10.3. The maximum Gasteiger partial charge on any atom is 0.235 e. The molecule has 0 bridgehead atoms. The molecular formula is C14H17N3O2. The number of nitrogens with zero attached hydrogens (tertiary/aromatic N) is 2. The first-order valence-electron chi connectivity index (χ1n) is 6.31. The van der Waals surface area contributed by atoms with Crippen LogP contribution in [0.25, 0.3) is 0 Å². The average molecular weight is 259 g/mol. The van der Waals surface area contributed by atoms with Gasteiger partial charge in [-0.1, -0.05) is 29.9 Å². The molecule has 0 spiro atoms. The monoisotopic (exact) mass is 259 g/mol. The van der Waals surface area contributed by atoms with E-state index in [-0.39, 0.29) is 4.92 Å². The molecule has 2 rings (SSSR count). The van der Waals surface area contributed by atoms with Crippen LogP contribution >= 0.6 is 0 Å². The lowest BCUT2D eigenvalue weighted by atomic mass is 9.99. The second-order valence-electron chi connectivity index (χ2n) is 4.70. The fraction of sp³-hybridized carbons (Fsp3) is 0.357. The van der Waals surface area contributed by atoms with E-state index >= 15 is 0 Å². The fourth-order valence-electron chi connectivity index (χ4n) is 1.91. The molecule has 0 aromatic heterocycles. The third kappa shape index (κ3) is 3.91. The van der Waals surface area contributed by atoms with E-state index in [0.717, 1.165) is 12.1 Å². The first-order valence-corrected chi connectivity index (χ1v) is 6.31. The number of hydrazone groups is 1. The van der Waals surface area contributed by atoms with Gasteiger partial charge in [0, 0.05) is 23.5 Å². The van der Waals surface area contributed by atoms with Crippen molar-refractivity contribution in [3.8, 4) is 0 Å². The quantitative estimate of drug-likeness (QED) is 0.479. The summed E-state index contributed by atoms with van der Waals surface area (Å²) in [6.45, 7) is 2.07. The standard InChI is InChI=1S/C14H17N3O2/c1-11-2-4-12(5-3-11)10-15-16-13-6-8-14(9-7-13)17(18)19/h2-4,6-8,10,12,14,16H,5,9H2,1H3/b15-10-.